The third-order valence-electron chi connectivity index (χ3n) is 3.35. The van der Waals surface area contributed by atoms with Crippen molar-refractivity contribution in [2.24, 2.45) is 0 Å². The Bertz CT molecular complexity index is 847. The van der Waals surface area contributed by atoms with Crippen LogP contribution < -0.4 is 10.1 Å². The molecule has 3 rings (SSSR count). The number of ether oxygens (including phenoxy) is 1. The first-order chi connectivity index (χ1) is 12.0. The van der Waals surface area contributed by atoms with Crippen molar-refractivity contribution in [3.8, 4) is 5.88 Å². The highest BCUT2D eigenvalue weighted by Gasteiger charge is 2.29. The average molecular weight is 352 g/mol. The highest BCUT2D eigenvalue weighted by molar-refractivity contribution is 5.56. The fourth-order valence-corrected chi connectivity index (χ4v) is 2.16. The highest BCUT2D eigenvalue weighted by atomic mass is 19.4. The van der Waals surface area contributed by atoms with Gasteiger partial charge in [-0.1, -0.05) is 6.07 Å². The number of rotatable bonds is 6. The van der Waals surface area contributed by atoms with E-state index >= 15 is 0 Å². The van der Waals surface area contributed by atoms with Crippen LogP contribution in [0.3, 0.4) is 0 Å². The molecule has 0 aliphatic carbocycles. The van der Waals surface area contributed by atoms with Gasteiger partial charge < -0.3 is 15.2 Å². The molecule has 0 bridgehead atoms. The lowest BCUT2D eigenvalue weighted by Crippen LogP contribution is -2.05. The molecule has 2 heterocycles. The number of aliphatic hydroxyl groups excluding tert-OH is 1. The van der Waals surface area contributed by atoms with E-state index in [0.717, 1.165) is 12.1 Å². The van der Waals surface area contributed by atoms with Crippen LogP contribution in [0.25, 0.3) is 5.65 Å². The SMILES string of the molecule is OCCCOc1cccc2nc(Nc3ccc(C(F)(F)F)cc3)nn12. The molecule has 0 spiro atoms. The van der Waals surface area contributed by atoms with Crippen LogP contribution in [0.1, 0.15) is 12.0 Å². The van der Waals surface area contributed by atoms with Gasteiger partial charge in [-0.25, -0.2) is 0 Å². The maximum Gasteiger partial charge on any atom is 0.416 e. The van der Waals surface area contributed by atoms with E-state index in [2.05, 4.69) is 15.4 Å². The predicted octanol–water partition coefficient (Wildman–Crippen LogP) is 3.25. The summed E-state index contributed by atoms with van der Waals surface area (Å²) < 4.78 is 44.7. The smallest absolute Gasteiger partial charge is 0.416 e. The van der Waals surface area contributed by atoms with Gasteiger partial charge in [0.2, 0.25) is 11.8 Å². The fraction of sp³-hybridized carbons (Fsp3) is 0.250. The van der Waals surface area contributed by atoms with E-state index < -0.39 is 11.7 Å². The van der Waals surface area contributed by atoms with Crippen molar-refractivity contribution in [1.29, 1.82) is 0 Å². The number of fused-ring (bicyclic) bond motifs is 1. The molecule has 0 atom stereocenters. The Morgan fingerprint density at radius 3 is 2.56 bits per heavy atom. The molecule has 0 saturated heterocycles. The van der Waals surface area contributed by atoms with E-state index in [1.165, 1.54) is 16.6 Å². The van der Waals surface area contributed by atoms with Crippen LogP contribution in [-0.2, 0) is 6.18 Å². The zero-order chi connectivity index (χ0) is 17.9. The first-order valence-corrected chi connectivity index (χ1v) is 7.51. The van der Waals surface area contributed by atoms with Crippen LogP contribution in [0.5, 0.6) is 5.88 Å². The largest absolute Gasteiger partial charge is 0.477 e. The molecule has 0 radical (unpaired) electrons. The van der Waals surface area contributed by atoms with Gasteiger partial charge in [-0.15, -0.1) is 5.10 Å². The first kappa shape index (κ1) is 17.0. The third-order valence-corrected chi connectivity index (χ3v) is 3.35. The van der Waals surface area contributed by atoms with Crippen molar-refractivity contribution in [3.63, 3.8) is 0 Å². The summed E-state index contributed by atoms with van der Waals surface area (Å²) in [7, 11) is 0. The van der Waals surface area contributed by atoms with E-state index in [1.807, 2.05) is 0 Å². The highest BCUT2D eigenvalue weighted by Crippen LogP contribution is 2.30. The van der Waals surface area contributed by atoms with E-state index in [1.54, 1.807) is 18.2 Å². The number of halogens is 3. The van der Waals surface area contributed by atoms with Gasteiger partial charge >= 0.3 is 6.18 Å². The topological polar surface area (TPSA) is 71.7 Å². The minimum Gasteiger partial charge on any atom is -0.477 e. The number of aromatic nitrogens is 3. The Hall–Kier alpha value is -2.81. The zero-order valence-electron chi connectivity index (χ0n) is 13.0. The van der Waals surface area contributed by atoms with Crippen molar-refractivity contribution in [1.82, 2.24) is 14.6 Å². The summed E-state index contributed by atoms with van der Waals surface area (Å²) >= 11 is 0. The van der Waals surface area contributed by atoms with Crippen molar-refractivity contribution in [2.75, 3.05) is 18.5 Å². The molecule has 2 aromatic heterocycles. The standard InChI is InChI=1S/C16H15F3N4O2/c17-16(18,19)11-5-7-12(8-6-11)20-15-21-13-3-1-4-14(23(13)22-15)25-10-2-9-24/h1,3-8,24H,2,9-10H2,(H,20,22). The summed E-state index contributed by atoms with van der Waals surface area (Å²) in [6, 6.07) is 9.79. The fourth-order valence-electron chi connectivity index (χ4n) is 2.16. The number of anilines is 2. The second kappa shape index (κ2) is 6.98. The zero-order valence-corrected chi connectivity index (χ0v) is 13.0. The van der Waals surface area contributed by atoms with E-state index in [0.29, 0.717) is 30.2 Å². The molecule has 0 aliphatic rings. The Balaban J connectivity index is 1.79. The van der Waals surface area contributed by atoms with Crippen LogP contribution in [0.15, 0.2) is 42.5 Å². The Morgan fingerprint density at radius 2 is 1.88 bits per heavy atom. The number of nitrogens with one attached hydrogen (secondary N) is 1. The molecule has 0 fully saturated rings. The molecule has 9 heteroatoms. The van der Waals surface area contributed by atoms with E-state index in [9.17, 15) is 13.2 Å². The second-order valence-electron chi connectivity index (χ2n) is 5.20. The summed E-state index contributed by atoms with van der Waals surface area (Å²) in [6.07, 6.45) is -3.89. The van der Waals surface area contributed by atoms with Gasteiger partial charge in [0.1, 0.15) is 0 Å². The normalized spacial score (nSPS) is 11.7. The molecule has 6 nitrogen and oxygen atoms in total. The van der Waals surface area contributed by atoms with E-state index in [-0.39, 0.29) is 12.6 Å². The van der Waals surface area contributed by atoms with Crippen LogP contribution in [0.2, 0.25) is 0 Å². The van der Waals surface area contributed by atoms with Gasteiger partial charge in [0, 0.05) is 24.8 Å². The van der Waals surface area contributed by atoms with Crippen LogP contribution >= 0.6 is 0 Å². The molecule has 25 heavy (non-hydrogen) atoms. The summed E-state index contributed by atoms with van der Waals surface area (Å²) in [4.78, 5) is 4.26. The first-order valence-electron chi connectivity index (χ1n) is 7.51. The van der Waals surface area contributed by atoms with Crippen molar-refractivity contribution < 1.29 is 23.0 Å². The number of pyridine rings is 1. The lowest BCUT2D eigenvalue weighted by atomic mass is 10.2. The van der Waals surface area contributed by atoms with Crippen molar-refractivity contribution in [3.05, 3.63) is 48.0 Å². The predicted molar refractivity (Wildman–Crippen MR) is 84.9 cm³/mol. The van der Waals surface area contributed by atoms with Crippen molar-refractivity contribution >= 4 is 17.3 Å². The molecular formula is C16H15F3N4O2. The number of alkyl halides is 3. The summed E-state index contributed by atoms with van der Waals surface area (Å²) in [5.41, 5.74) is 0.239. The number of hydrogen-bond acceptors (Lipinski definition) is 5. The number of aliphatic hydroxyl groups is 1. The molecule has 3 aromatic rings. The van der Waals surface area contributed by atoms with E-state index in [4.69, 9.17) is 9.84 Å². The summed E-state index contributed by atoms with van der Waals surface area (Å²) in [5, 5.41) is 15.9. The minimum atomic E-state index is -4.37. The van der Waals surface area contributed by atoms with Crippen LogP contribution in [0, 0.1) is 0 Å². The van der Waals surface area contributed by atoms with Crippen molar-refractivity contribution in [2.45, 2.75) is 12.6 Å². The minimum absolute atomic E-state index is 0.0219. The monoisotopic (exact) mass is 352 g/mol. The van der Waals surface area contributed by atoms with Gasteiger partial charge in [-0.2, -0.15) is 22.7 Å². The molecule has 0 unspecified atom stereocenters. The Morgan fingerprint density at radius 1 is 1.12 bits per heavy atom. The molecule has 2 N–H and O–H groups in total. The second-order valence-corrected chi connectivity index (χ2v) is 5.20. The van der Waals surface area contributed by atoms with Gasteiger partial charge in [0.15, 0.2) is 5.65 Å². The van der Waals surface area contributed by atoms with Crippen LogP contribution in [0.4, 0.5) is 24.8 Å². The molecule has 0 amide bonds. The van der Waals surface area contributed by atoms with Gasteiger partial charge in [0.25, 0.3) is 0 Å². The number of nitrogens with zero attached hydrogens (tertiary/aromatic N) is 3. The summed E-state index contributed by atoms with van der Waals surface area (Å²) in [5.74, 6) is 0.692. The molecule has 0 saturated carbocycles. The quantitative estimate of drug-likeness (QED) is 0.667. The average Bonchev–Trinajstić information content (AvgIpc) is 2.98. The Labute approximate surface area is 140 Å². The lowest BCUT2D eigenvalue weighted by Gasteiger charge is -2.07. The maximum absolute atomic E-state index is 12.6. The van der Waals surface area contributed by atoms with Crippen LogP contribution in [-0.4, -0.2) is 32.9 Å². The van der Waals surface area contributed by atoms with Gasteiger partial charge in [-0.3, -0.25) is 0 Å². The maximum atomic E-state index is 12.6. The summed E-state index contributed by atoms with van der Waals surface area (Å²) in [6.45, 7) is 0.352. The van der Waals surface area contributed by atoms with Gasteiger partial charge in [0.05, 0.1) is 12.2 Å². The molecular weight excluding hydrogens is 337 g/mol. The van der Waals surface area contributed by atoms with Gasteiger partial charge in [-0.05, 0) is 30.3 Å². The molecule has 132 valence electrons. The molecule has 1 aromatic carbocycles. The Kier molecular flexibility index (Phi) is 4.75. The lowest BCUT2D eigenvalue weighted by molar-refractivity contribution is -0.137. The number of hydrogen-bond donors (Lipinski definition) is 2. The molecule has 0 aliphatic heterocycles. The number of benzene rings is 1. The third kappa shape index (κ3) is 4.00.